The lowest BCUT2D eigenvalue weighted by Gasteiger charge is -2.18. The first-order valence-corrected chi connectivity index (χ1v) is 11.1. The van der Waals surface area contributed by atoms with Gasteiger partial charge in [0.1, 0.15) is 0 Å². The Hall–Kier alpha value is -3.35. The molecule has 3 aromatic rings. The van der Waals surface area contributed by atoms with Gasteiger partial charge in [-0.2, -0.15) is 5.10 Å². The second-order valence-electron chi connectivity index (χ2n) is 8.46. The highest BCUT2D eigenvalue weighted by Crippen LogP contribution is 2.29. The summed E-state index contributed by atoms with van der Waals surface area (Å²) in [6.07, 6.45) is 1.47. The molecule has 0 aliphatic heterocycles. The third-order valence-electron chi connectivity index (χ3n) is 4.94. The standard InChI is InChI=1S/C26H24Cl2N2O4/c1-26(2,3)19-9-6-17(7-10-19)24(31)30-29-15-16-5-12-22(23(13-16)33-4)34-25(32)18-8-11-20(27)21(28)14-18/h5-15H,1-4H3,(H,30,31)/b29-15+. The van der Waals surface area contributed by atoms with Crippen molar-refractivity contribution >= 4 is 41.3 Å². The number of benzene rings is 3. The summed E-state index contributed by atoms with van der Waals surface area (Å²) in [5.74, 6) is -0.390. The minimum absolute atomic E-state index is 0.00850. The molecule has 0 atom stereocenters. The molecule has 0 unspecified atom stereocenters. The van der Waals surface area contributed by atoms with E-state index in [1.54, 1.807) is 30.3 Å². The monoisotopic (exact) mass is 498 g/mol. The van der Waals surface area contributed by atoms with E-state index in [0.29, 0.717) is 21.9 Å². The second-order valence-corrected chi connectivity index (χ2v) is 9.27. The maximum absolute atomic E-state index is 12.4. The summed E-state index contributed by atoms with van der Waals surface area (Å²) in [5.41, 5.74) is 5.04. The highest BCUT2D eigenvalue weighted by molar-refractivity contribution is 6.42. The van der Waals surface area contributed by atoms with Gasteiger partial charge in [-0.3, -0.25) is 4.79 Å². The van der Waals surface area contributed by atoms with Gasteiger partial charge in [0.2, 0.25) is 0 Å². The van der Waals surface area contributed by atoms with Crippen molar-refractivity contribution in [2.24, 2.45) is 5.10 Å². The van der Waals surface area contributed by atoms with E-state index in [0.717, 1.165) is 5.56 Å². The number of nitrogens with zero attached hydrogens (tertiary/aromatic N) is 1. The number of carbonyl (C=O) groups excluding carboxylic acids is 2. The number of nitrogens with one attached hydrogen (secondary N) is 1. The molecule has 0 aliphatic rings. The number of hydrogen-bond donors (Lipinski definition) is 1. The van der Waals surface area contributed by atoms with E-state index in [9.17, 15) is 9.59 Å². The highest BCUT2D eigenvalue weighted by atomic mass is 35.5. The lowest BCUT2D eigenvalue weighted by atomic mass is 9.87. The fourth-order valence-corrected chi connectivity index (χ4v) is 3.28. The molecule has 3 rings (SSSR count). The fourth-order valence-electron chi connectivity index (χ4n) is 2.98. The molecule has 34 heavy (non-hydrogen) atoms. The number of esters is 1. The van der Waals surface area contributed by atoms with Crippen LogP contribution in [0.3, 0.4) is 0 Å². The molecule has 0 aromatic heterocycles. The summed E-state index contributed by atoms with van der Waals surface area (Å²) < 4.78 is 10.8. The van der Waals surface area contributed by atoms with Crippen molar-refractivity contribution < 1.29 is 19.1 Å². The van der Waals surface area contributed by atoms with Crippen molar-refractivity contribution in [1.82, 2.24) is 5.43 Å². The molecule has 0 heterocycles. The molecule has 0 bridgehead atoms. The Morgan fingerprint density at radius 2 is 1.56 bits per heavy atom. The number of amides is 1. The van der Waals surface area contributed by atoms with Crippen LogP contribution in [0.4, 0.5) is 0 Å². The minimum Gasteiger partial charge on any atom is -0.493 e. The number of rotatable bonds is 6. The molecule has 6 nitrogen and oxygen atoms in total. The second kappa shape index (κ2) is 10.7. The molecule has 1 N–H and O–H groups in total. The number of methoxy groups -OCH3 is 1. The molecule has 0 aliphatic carbocycles. The van der Waals surface area contributed by atoms with Gasteiger partial charge in [0.15, 0.2) is 11.5 Å². The lowest BCUT2D eigenvalue weighted by Crippen LogP contribution is -2.18. The van der Waals surface area contributed by atoms with Crippen molar-refractivity contribution in [2.75, 3.05) is 7.11 Å². The number of hydrazone groups is 1. The van der Waals surface area contributed by atoms with Gasteiger partial charge in [-0.1, -0.05) is 56.1 Å². The number of ether oxygens (including phenoxy) is 2. The van der Waals surface area contributed by atoms with Crippen LogP contribution in [0.5, 0.6) is 11.5 Å². The summed E-state index contributed by atoms with van der Waals surface area (Å²) in [6, 6.07) is 16.7. The molecule has 0 fully saturated rings. The molecule has 0 radical (unpaired) electrons. The molecule has 0 saturated heterocycles. The van der Waals surface area contributed by atoms with Crippen LogP contribution in [0.25, 0.3) is 0 Å². The molecule has 176 valence electrons. The first-order valence-electron chi connectivity index (χ1n) is 10.4. The van der Waals surface area contributed by atoms with E-state index < -0.39 is 5.97 Å². The summed E-state index contributed by atoms with van der Waals surface area (Å²) in [4.78, 5) is 24.8. The van der Waals surface area contributed by atoms with Gasteiger partial charge < -0.3 is 9.47 Å². The Balaban J connectivity index is 1.66. The van der Waals surface area contributed by atoms with Crippen LogP contribution >= 0.6 is 23.2 Å². The summed E-state index contributed by atoms with van der Waals surface area (Å²) in [7, 11) is 1.45. The predicted molar refractivity (Wildman–Crippen MR) is 135 cm³/mol. The zero-order valence-electron chi connectivity index (χ0n) is 19.2. The van der Waals surface area contributed by atoms with Crippen LogP contribution in [0.2, 0.25) is 10.0 Å². The van der Waals surface area contributed by atoms with Crippen LogP contribution in [0.15, 0.2) is 65.8 Å². The maximum Gasteiger partial charge on any atom is 0.343 e. The quantitative estimate of drug-likeness (QED) is 0.187. The zero-order chi connectivity index (χ0) is 24.9. The Labute approximate surface area is 208 Å². The molecule has 0 spiro atoms. The van der Waals surface area contributed by atoms with E-state index in [1.165, 1.54) is 31.5 Å². The van der Waals surface area contributed by atoms with E-state index in [2.05, 4.69) is 31.3 Å². The molecule has 8 heteroatoms. The Morgan fingerprint density at radius 1 is 0.882 bits per heavy atom. The van der Waals surface area contributed by atoms with Crippen LogP contribution in [0.1, 0.15) is 52.6 Å². The molecule has 3 aromatic carbocycles. The molecular weight excluding hydrogens is 475 g/mol. The van der Waals surface area contributed by atoms with Gasteiger partial charge >= 0.3 is 5.97 Å². The Kier molecular flexibility index (Phi) is 7.97. The largest absolute Gasteiger partial charge is 0.493 e. The molecule has 0 saturated carbocycles. The van der Waals surface area contributed by atoms with Gasteiger partial charge in [-0.05, 0) is 65.1 Å². The van der Waals surface area contributed by atoms with E-state index in [4.69, 9.17) is 32.7 Å². The van der Waals surface area contributed by atoms with Crippen molar-refractivity contribution in [3.63, 3.8) is 0 Å². The third-order valence-corrected chi connectivity index (χ3v) is 5.68. The van der Waals surface area contributed by atoms with Crippen molar-refractivity contribution in [3.8, 4) is 11.5 Å². The smallest absolute Gasteiger partial charge is 0.343 e. The van der Waals surface area contributed by atoms with Gasteiger partial charge in [-0.25, -0.2) is 10.2 Å². The minimum atomic E-state index is -0.608. The first-order chi connectivity index (χ1) is 16.1. The Bertz CT molecular complexity index is 1230. The first kappa shape index (κ1) is 25.3. The Morgan fingerprint density at radius 3 is 2.18 bits per heavy atom. The van der Waals surface area contributed by atoms with E-state index in [1.807, 2.05) is 12.1 Å². The van der Waals surface area contributed by atoms with Crippen molar-refractivity contribution in [1.29, 1.82) is 0 Å². The summed E-state index contributed by atoms with van der Waals surface area (Å²) in [6.45, 7) is 6.33. The average molecular weight is 499 g/mol. The van der Waals surface area contributed by atoms with Crippen LogP contribution < -0.4 is 14.9 Å². The van der Waals surface area contributed by atoms with Gasteiger partial charge in [0.05, 0.1) is 28.9 Å². The lowest BCUT2D eigenvalue weighted by molar-refractivity contribution is 0.0729. The SMILES string of the molecule is COc1cc(/C=N/NC(=O)c2ccc(C(C)(C)C)cc2)ccc1OC(=O)c1ccc(Cl)c(Cl)c1. The summed E-state index contributed by atoms with van der Waals surface area (Å²) >= 11 is 11.9. The highest BCUT2D eigenvalue weighted by Gasteiger charge is 2.15. The average Bonchev–Trinajstić information content (AvgIpc) is 2.81. The van der Waals surface area contributed by atoms with Crippen molar-refractivity contribution in [3.05, 3.63) is 93.0 Å². The summed E-state index contributed by atoms with van der Waals surface area (Å²) in [5, 5.41) is 4.60. The number of carbonyl (C=O) groups is 2. The normalized spacial score (nSPS) is 11.4. The van der Waals surface area contributed by atoms with E-state index in [-0.39, 0.29) is 27.7 Å². The third kappa shape index (κ3) is 6.37. The molecule has 1 amide bonds. The van der Waals surface area contributed by atoms with Crippen LogP contribution in [0, 0.1) is 0 Å². The van der Waals surface area contributed by atoms with Crippen LogP contribution in [-0.2, 0) is 5.41 Å². The van der Waals surface area contributed by atoms with Gasteiger partial charge in [-0.15, -0.1) is 0 Å². The zero-order valence-corrected chi connectivity index (χ0v) is 20.7. The van der Waals surface area contributed by atoms with Crippen LogP contribution in [-0.4, -0.2) is 25.2 Å². The van der Waals surface area contributed by atoms with E-state index >= 15 is 0 Å². The van der Waals surface area contributed by atoms with Gasteiger partial charge in [0.25, 0.3) is 5.91 Å². The maximum atomic E-state index is 12.4. The molecular formula is C26H24Cl2N2O4. The fraction of sp³-hybridized carbons (Fsp3) is 0.192. The predicted octanol–water partition coefficient (Wildman–Crippen LogP) is 6.28. The topological polar surface area (TPSA) is 77.0 Å². The number of hydrogen-bond acceptors (Lipinski definition) is 5. The van der Waals surface area contributed by atoms with Crippen molar-refractivity contribution in [2.45, 2.75) is 26.2 Å². The van der Waals surface area contributed by atoms with Gasteiger partial charge in [0, 0.05) is 5.56 Å². The number of halogens is 2.